The summed E-state index contributed by atoms with van der Waals surface area (Å²) in [5.41, 5.74) is 0. The topological polar surface area (TPSA) is 75.3 Å². The summed E-state index contributed by atoms with van der Waals surface area (Å²) >= 11 is 0. The van der Waals surface area contributed by atoms with Gasteiger partial charge in [0.1, 0.15) is 0 Å². The molecule has 0 saturated carbocycles. The average Bonchev–Trinajstić information content (AvgIpc) is 2.81. The van der Waals surface area contributed by atoms with E-state index in [0.717, 1.165) is 12.8 Å². The van der Waals surface area contributed by atoms with Gasteiger partial charge in [-0.15, -0.1) is 0 Å². The highest BCUT2D eigenvalue weighted by Gasteiger charge is 2.35. The van der Waals surface area contributed by atoms with Crippen molar-refractivity contribution in [2.75, 3.05) is 11.5 Å². The number of hydrogen-bond donors (Lipinski definition) is 2. The molecular formula is C13H22N2O3S. The monoisotopic (exact) mass is 286 g/mol. The second-order valence-corrected chi connectivity index (χ2v) is 8.58. The maximum Gasteiger partial charge on any atom is 0.220 e. The van der Waals surface area contributed by atoms with Crippen LogP contribution in [0.4, 0.5) is 0 Å². The van der Waals surface area contributed by atoms with Crippen LogP contribution < -0.4 is 10.6 Å². The molecule has 3 heterocycles. The lowest BCUT2D eigenvalue weighted by Crippen LogP contribution is -2.41. The molecule has 19 heavy (non-hydrogen) atoms. The van der Waals surface area contributed by atoms with Gasteiger partial charge in [0.25, 0.3) is 0 Å². The summed E-state index contributed by atoms with van der Waals surface area (Å²) in [5.74, 6) is 0.844. The highest BCUT2D eigenvalue weighted by atomic mass is 32.2. The molecule has 0 aliphatic carbocycles. The van der Waals surface area contributed by atoms with Gasteiger partial charge >= 0.3 is 0 Å². The Morgan fingerprint density at radius 3 is 2.42 bits per heavy atom. The summed E-state index contributed by atoms with van der Waals surface area (Å²) in [4.78, 5) is 12.0. The first-order chi connectivity index (χ1) is 9.00. The van der Waals surface area contributed by atoms with Gasteiger partial charge in [-0.1, -0.05) is 0 Å². The summed E-state index contributed by atoms with van der Waals surface area (Å²) in [6.45, 7) is 0. The van der Waals surface area contributed by atoms with Gasteiger partial charge in [0.15, 0.2) is 9.84 Å². The van der Waals surface area contributed by atoms with Gasteiger partial charge in [-0.3, -0.25) is 4.79 Å². The Morgan fingerprint density at radius 1 is 1.16 bits per heavy atom. The molecule has 5 nitrogen and oxygen atoms in total. The zero-order valence-electron chi connectivity index (χ0n) is 11.1. The van der Waals surface area contributed by atoms with E-state index < -0.39 is 9.84 Å². The lowest BCUT2D eigenvalue weighted by Gasteiger charge is -2.28. The summed E-state index contributed by atoms with van der Waals surface area (Å²) < 4.78 is 22.7. The average molecular weight is 286 g/mol. The number of carbonyl (C=O) groups is 1. The van der Waals surface area contributed by atoms with E-state index in [9.17, 15) is 13.2 Å². The first-order valence-corrected chi connectivity index (χ1v) is 9.08. The van der Waals surface area contributed by atoms with Crippen molar-refractivity contribution in [2.45, 2.75) is 56.7 Å². The number of piperidine rings is 1. The molecule has 0 aromatic carbocycles. The summed E-state index contributed by atoms with van der Waals surface area (Å²) in [7, 11) is -2.91. The first-order valence-electron chi connectivity index (χ1n) is 7.26. The van der Waals surface area contributed by atoms with E-state index in [1.165, 1.54) is 12.8 Å². The predicted molar refractivity (Wildman–Crippen MR) is 72.5 cm³/mol. The van der Waals surface area contributed by atoms with Crippen molar-refractivity contribution >= 4 is 15.7 Å². The molecule has 3 atom stereocenters. The Kier molecular flexibility index (Phi) is 3.55. The summed E-state index contributed by atoms with van der Waals surface area (Å²) in [6, 6.07) is 1.04. The minimum Gasteiger partial charge on any atom is -0.352 e. The molecule has 108 valence electrons. The van der Waals surface area contributed by atoms with E-state index in [1.54, 1.807) is 0 Å². The van der Waals surface area contributed by atoms with Crippen molar-refractivity contribution in [3.63, 3.8) is 0 Å². The highest BCUT2D eigenvalue weighted by Crippen LogP contribution is 2.32. The maximum absolute atomic E-state index is 12.0. The van der Waals surface area contributed by atoms with E-state index in [2.05, 4.69) is 10.6 Å². The maximum atomic E-state index is 12.0. The van der Waals surface area contributed by atoms with Crippen molar-refractivity contribution in [3.05, 3.63) is 0 Å². The van der Waals surface area contributed by atoms with Gasteiger partial charge in [0.05, 0.1) is 11.5 Å². The lowest BCUT2D eigenvalue weighted by molar-refractivity contribution is -0.122. The van der Waals surface area contributed by atoms with E-state index >= 15 is 0 Å². The van der Waals surface area contributed by atoms with Gasteiger partial charge in [-0.25, -0.2) is 8.42 Å². The van der Waals surface area contributed by atoms with Crippen LogP contribution >= 0.6 is 0 Å². The number of hydrogen-bond acceptors (Lipinski definition) is 4. The van der Waals surface area contributed by atoms with Crippen molar-refractivity contribution in [1.29, 1.82) is 0 Å². The molecule has 3 aliphatic heterocycles. The molecule has 3 fully saturated rings. The Hall–Kier alpha value is -0.620. The lowest BCUT2D eigenvalue weighted by atomic mass is 9.89. The fourth-order valence-corrected chi connectivity index (χ4v) is 5.47. The zero-order chi connectivity index (χ0) is 13.5. The molecule has 0 aromatic rings. The number of carbonyl (C=O) groups excluding carboxylic acids is 1. The van der Waals surface area contributed by atoms with Crippen LogP contribution in [0.3, 0.4) is 0 Å². The van der Waals surface area contributed by atoms with E-state index in [4.69, 9.17) is 0 Å². The van der Waals surface area contributed by atoms with Crippen molar-refractivity contribution in [3.8, 4) is 0 Å². The molecule has 1 amide bonds. The van der Waals surface area contributed by atoms with Crippen LogP contribution in [0.5, 0.6) is 0 Å². The number of fused-ring (bicyclic) bond motifs is 2. The Morgan fingerprint density at radius 2 is 1.84 bits per heavy atom. The smallest absolute Gasteiger partial charge is 0.220 e. The SMILES string of the molecule is O=C(CC1CC2CCC(C1)N2)NC1CCS(=O)(=O)C1. The van der Waals surface area contributed by atoms with Crippen molar-refractivity contribution < 1.29 is 13.2 Å². The van der Waals surface area contributed by atoms with Gasteiger partial charge in [-0.2, -0.15) is 0 Å². The zero-order valence-corrected chi connectivity index (χ0v) is 11.9. The number of sulfone groups is 1. The second kappa shape index (κ2) is 5.05. The third kappa shape index (κ3) is 3.28. The van der Waals surface area contributed by atoms with Crippen LogP contribution in [0.1, 0.15) is 38.5 Å². The van der Waals surface area contributed by atoms with E-state index in [-0.39, 0.29) is 23.5 Å². The molecule has 0 aromatic heterocycles. The molecule has 3 saturated heterocycles. The van der Waals surface area contributed by atoms with Gasteiger partial charge in [0, 0.05) is 24.5 Å². The van der Waals surface area contributed by atoms with E-state index in [0.29, 0.717) is 30.8 Å². The third-order valence-corrected chi connectivity index (χ3v) is 6.41. The summed E-state index contributed by atoms with van der Waals surface area (Å²) in [6.07, 6.45) is 5.80. The van der Waals surface area contributed by atoms with Crippen LogP contribution in [-0.2, 0) is 14.6 Å². The Bertz CT molecular complexity index is 451. The molecule has 3 unspecified atom stereocenters. The fraction of sp³-hybridized carbons (Fsp3) is 0.923. The Balaban J connectivity index is 1.47. The molecule has 6 heteroatoms. The molecule has 2 bridgehead atoms. The van der Waals surface area contributed by atoms with Crippen LogP contribution in [-0.4, -0.2) is 44.0 Å². The largest absolute Gasteiger partial charge is 0.352 e. The number of rotatable bonds is 3. The van der Waals surface area contributed by atoms with Crippen LogP contribution in [0.15, 0.2) is 0 Å². The number of amides is 1. The van der Waals surface area contributed by atoms with Crippen LogP contribution in [0, 0.1) is 5.92 Å². The highest BCUT2D eigenvalue weighted by molar-refractivity contribution is 7.91. The molecule has 0 spiro atoms. The standard InChI is InChI=1S/C13H22N2O3S/c16-13(15-12-3-4-19(17,18)8-12)7-9-5-10-1-2-11(6-9)14-10/h9-12,14H,1-8H2,(H,15,16). The molecule has 3 rings (SSSR count). The summed E-state index contributed by atoms with van der Waals surface area (Å²) in [5, 5.41) is 6.46. The van der Waals surface area contributed by atoms with Gasteiger partial charge < -0.3 is 10.6 Å². The molecular weight excluding hydrogens is 264 g/mol. The van der Waals surface area contributed by atoms with Gasteiger partial charge in [-0.05, 0) is 38.0 Å². The van der Waals surface area contributed by atoms with Crippen molar-refractivity contribution in [1.82, 2.24) is 10.6 Å². The molecule has 2 N–H and O–H groups in total. The Labute approximate surface area is 114 Å². The molecule has 3 aliphatic rings. The fourth-order valence-electron chi connectivity index (χ4n) is 3.80. The third-order valence-electron chi connectivity index (χ3n) is 4.64. The van der Waals surface area contributed by atoms with E-state index in [1.807, 2.05) is 0 Å². The van der Waals surface area contributed by atoms with Crippen molar-refractivity contribution in [2.24, 2.45) is 5.92 Å². The van der Waals surface area contributed by atoms with Gasteiger partial charge in [0.2, 0.25) is 5.91 Å². The molecule has 0 radical (unpaired) electrons. The minimum absolute atomic E-state index is 0.0356. The minimum atomic E-state index is -2.91. The number of nitrogens with one attached hydrogen (secondary N) is 2. The van der Waals surface area contributed by atoms with Crippen LogP contribution in [0.25, 0.3) is 0 Å². The van der Waals surface area contributed by atoms with Crippen LogP contribution in [0.2, 0.25) is 0 Å². The quantitative estimate of drug-likeness (QED) is 0.778. The second-order valence-electron chi connectivity index (χ2n) is 6.35. The first kappa shape index (κ1) is 13.4. The normalized spacial score (nSPS) is 40.2. The predicted octanol–water partition coefficient (Wildman–Crippen LogP) is 0.210.